The van der Waals surface area contributed by atoms with Gasteiger partial charge in [-0.05, 0) is 38.5 Å². The Labute approximate surface area is 130 Å². The summed E-state index contributed by atoms with van der Waals surface area (Å²) in [5, 5.41) is 5.27. The number of ether oxygens (including phenoxy) is 1. The SMILES string of the molecule is CC(C)(C)OC(=O)NCCNC(=O)c1ccc(CON)cc1. The topological polar surface area (TPSA) is 103 Å². The summed E-state index contributed by atoms with van der Waals surface area (Å²) >= 11 is 0. The molecule has 0 saturated heterocycles. The molecule has 0 aromatic heterocycles. The molecule has 0 fully saturated rings. The molecule has 0 aliphatic rings. The quantitative estimate of drug-likeness (QED) is 0.543. The summed E-state index contributed by atoms with van der Waals surface area (Å²) in [6, 6.07) is 6.90. The molecule has 4 N–H and O–H groups in total. The molecule has 0 spiro atoms. The van der Waals surface area contributed by atoms with Crippen LogP contribution in [-0.2, 0) is 16.2 Å². The molecule has 0 radical (unpaired) electrons. The molecular formula is C15H23N3O4. The molecule has 0 unspecified atom stereocenters. The maximum Gasteiger partial charge on any atom is 0.407 e. The Morgan fingerprint density at radius 2 is 1.68 bits per heavy atom. The molecule has 0 heterocycles. The summed E-state index contributed by atoms with van der Waals surface area (Å²) in [5.74, 6) is 4.76. The summed E-state index contributed by atoms with van der Waals surface area (Å²) in [6.07, 6.45) is -0.507. The highest BCUT2D eigenvalue weighted by atomic mass is 16.6. The van der Waals surface area contributed by atoms with Crippen molar-refractivity contribution >= 4 is 12.0 Å². The Kier molecular flexibility index (Phi) is 6.81. The highest BCUT2D eigenvalue weighted by Crippen LogP contribution is 2.06. The van der Waals surface area contributed by atoms with Crippen molar-refractivity contribution in [3.8, 4) is 0 Å². The van der Waals surface area contributed by atoms with E-state index in [4.69, 9.17) is 10.6 Å². The van der Waals surface area contributed by atoms with Gasteiger partial charge in [0.25, 0.3) is 5.91 Å². The molecular weight excluding hydrogens is 286 g/mol. The first-order valence-corrected chi connectivity index (χ1v) is 6.97. The Morgan fingerprint density at radius 3 is 2.23 bits per heavy atom. The largest absolute Gasteiger partial charge is 0.444 e. The lowest BCUT2D eigenvalue weighted by Gasteiger charge is -2.19. The zero-order valence-corrected chi connectivity index (χ0v) is 13.1. The van der Waals surface area contributed by atoms with Crippen molar-refractivity contribution in [3.05, 3.63) is 35.4 Å². The lowest BCUT2D eigenvalue weighted by molar-refractivity contribution is 0.0526. The first-order chi connectivity index (χ1) is 10.3. The van der Waals surface area contributed by atoms with Gasteiger partial charge in [0.2, 0.25) is 0 Å². The van der Waals surface area contributed by atoms with Gasteiger partial charge in [-0.2, -0.15) is 0 Å². The molecule has 0 aliphatic heterocycles. The van der Waals surface area contributed by atoms with E-state index in [9.17, 15) is 9.59 Å². The Balaban J connectivity index is 2.30. The van der Waals surface area contributed by atoms with Crippen molar-refractivity contribution < 1.29 is 19.2 Å². The molecule has 1 rings (SSSR count). The third kappa shape index (κ3) is 7.05. The maximum atomic E-state index is 11.9. The number of nitrogens with one attached hydrogen (secondary N) is 2. The van der Waals surface area contributed by atoms with E-state index in [-0.39, 0.29) is 5.91 Å². The number of benzene rings is 1. The molecule has 122 valence electrons. The van der Waals surface area contributed by atoms with Gasteiger partial charge in [0.15, 0.2) is 0 Å². The van der Waals surface area contributed by atoms with Crippen LogP contribution in [0.5, 0.6) is 0 Å². The number of carbonyl (C=O) groups excluding carboxylic acids is 2. The number of hydrogen-bond acceptors (Lipinski definition) is 5. The van der Waals surface area contributed by atoms with E-state index in [2.05, 4.69) is 15.5 Å². The van der Waals surface area contributed by atoms with Crippen molar-refractivity contribution in [1.29, 1.82) is 0 Å². The lowest BCUT2D eigenvalue weighted by atomic mass is 10.1. The third-order valence-corrected chi connectivity index (χ3v) is 2.54. The molecule has 7 nitrogen and oxygen atoms in total. The van der Waals surface area contributed by atoms with Crippen LogP contribution in [-0.4, -0.2) is 30.7 Å². The first kappa shape index (κ1) is 17.9. The number of nitrogens with two attached hydrogens (primary N) is 1. The van der Waals surface area contributed by atoms with Crippen molar-refractivity contribution in [2.24, 2.45) is 5.90 Å². The normalized spacial score (nSPS) is 10.9. The van der Waals surface area contributed by atoms with Crippen LogP contribution < -0.4 is 16.5 Å². The summed E-state index contributed by atoms with van der Waals surface area (Å²) in [7, 11) is 0. The van der Waals surface area contributed by atoms with Crippen LogP contribution in [0.15, 0.2) is 24.3 Å². The summed E-state index contributed by atoms with van der Waals surface area (Å²) in [5.41, 5.74) is 0.867. The van der Waals surface area contributed by atoms with Crippen LogP contribution in [0.2, 0.25) is 0 Å². The van der Waals surface area contributed by atoms with E-state index in [1.807, 2.05) is 0 Å². The number of alkyl carbamates (subject to hydrolysis) is 1. The predicted molar refractivity (Wildman–Crippen MR) is 82.0 cm³/mol. The molecule has 0 aliphatic carbocycles. The van der Waals surface area contributed by atoms with Crippen molar-refractivity contribution in [3.63, 3.8) is 0 Å². The Morgan fingerprint density at radius 1 is 1.09 bits per heavy atom. The van der Waals surface area contributed by atoms with Crippen LogP contribution in [0.25, 0.3) is 0 Å². The Hall–Kier alpha value is -2.12. The fourth-order valence-electron chi connectivity index (χ4n) is 1.61. The molecule has 22 heavy (non-hydrogen) atoms. The molecule has 7 heteroatoms. The van der Waals surface area contributed by atoms with Gasteiger partial charge in [0.05, 0.1) is 6.61 Å². The molecule has 0 atom stereocenters. The van der Waals surface area contributed by atoms with Gasteiger partial charge in [0, 0.05) is 18.7 Å². The minimum atomic E-state index is -0.539. The second kappa shape index (κ2) is 8.35. The fourth-order valence-corrected chi connectivity index (χ4v) is 1.61. The minimum Gasteiger partial charge on any atom is -0.444 e. The standard InChI is InChI=1S/C15H23N3O4/c1-15(2,3)22-14(20)18-9-8-17-13(19)12-6-4-11(5-7-12)10-21-16/h4-7H,8-10,16H2,1-3H3,(H,17,19)(H,18,20). The van der Waals surface area contributed by atoms with Crippen LogP contribution >= 0.6 is 0 Å². The van der Waals surface area contributed by atoms with Crippen LogP contribution in [0, 0.1) is 0 Å². The predicted octanol–water partition coefficient (Wildman–Crippen LogP) is 1.33. The third-order valence-electron chi connectivity index (χ3n) is 2.54. The zero-order chi connectivity index (χ0) is 16.6. The fraction of sp³-hybridized carbons (Fsp3) is 0.467. The van der Waals surface area contributed by atoms with Crippen LogP contribution in [0.4, 0.5) is 4.79 Å². The van der Waals surface area contributed by atoms with E-state index in [0.717, 1.165) is 5.56 Å². The van der Waals surface area contributed by atoms with Crippen molar-refractivity contribution in [2.45, 2.75) is 33.0 Å². The van der Waals surface area contributed by atoms with Gasteiger partial charge in [-0.3, -0.25) is 9.63 Å². The van der Waals surface area contributed by atoms with Gasteiger partial charge in [0.1, 0.15) is 5.60 Å². The van der Waals surface area contributed by atoms with E-state index < -0.39 is 11.7 Å². The second-order valence-electron chi connectivity index (χ2n) is 5.69. The van der Waals surface area contributed by atoms with Gasteiger partial charge in [-0.15, -0.1) is 0 Å². The monoisotopic (exact) mass is 309 g/mol. The van der Waals surface area contributed by atoms with E-state index in [1.165, 1.54) is 0 Å². The van der Waals surface area contributed by atoms with Gasteiger partial charge < -0.3 is 15.4 Å². The molecule has 1 aromatic carbocycles. The smallest absolute Gasteiger partial charge is 0.407 e. The first-order valence-electron chi connectivity index (χ1n) is 6.97. The van der Waals surface area contributed by atoms with E-state index >= 15 is 0 Å². The van der Waals surface area contributed by atoms with Gasteiger partial charge >= 0.3 is 6.09 Å². The summed E-state index contributed by atoms with van der Waals surface area (Å²) in [4.78, 5) is 27.8. The summed E-state index contributed by atoms with van der Waals surface area (Å²) < 4.78 is 5.08. The number of hydrogen-bond donors (Lipinski definition) is 3. The molecule has 1 aromatic rings. The lowest BCUT2D eigenvalue weighted by Crippen LogP contribution is -2.37. The van der Waals surface area contributed by atoms with E-state index in [1.54, 1.807) is 45.0 Å². The molecule has 0 saturated carbocycles. The van der Waals surface area contributed by atoms with Crippen molar-refractivity contribution in [2.75, 3.05) is 13.1 Å². The number of carbonyl (C=O) groups is 2. The van der Waals surface area contributed by atoms with Gasteiger partial charge in [-0.25, -0.2) is 10.7 Å². The molecule has 0 bridgehead atoms. The average molecular weight is 309 g/mol. The second-order valence-corrected chi connectivity index (χ2v) is 5.69. The molecule has 2 amide bonds. The summed E-state index contributed by atoms with van der Waals surface area (Å²) in [6.45, 7) is 6.25. The Bertz CT molecular complexity index is 495. The van der Waals surface area contributed by atoms with Gasteiger partial charge in [-0.1, -0.05) is 12.1 Å². The average Bonchev–Trinajstić information content (AvgIpc) is 2.42. The maximum absolute atomic E-state index is 11.9. The van der Waals surface area contributed by atoms with Crippen molar-refractivity contribution in [1.82, 2.24) is 10.6 Å². The highest BCUT2D eigenvalue weighted by molar-refractivity contribution is 5.94. The highest BCUT2D eigenvalue weighted by Gasteiger charge is 2.15. The van der Waals surface area contributed by atoms with Crippen LogP contribution in [0.3, 0.4) is 0 Å². The van der Waals surface area contributed by atoms with Crippen LogP contribution in [0.1, 0.15) is 36.7 Å². The van der Waals surface area contributed by atoms with E-state index in [0.29, 0.717) is 25.3 Å². The number of amides is 2. The zero-order valence-electron chi connectivity index (χ0n) is 13.1. The number of rotatable bonds is 6. The minimum absolute atomic E-state index is 0.216.